The first-order valence-electron chi connectivity index (χ1n) is 10.1. The van der Waals surface area contributed by atoms with Crippen LogP contribution in [-0.2, 0) is 10.9 Å². The maximum atomic E-state index is 13.2. The number of nitrogens with one attached hydrogen (secondary N) is 1. The lowest BCUT2D eigenvalue weighted by Crippen LogP contribution is -2.42. The molecule has 1 aromatic rings. The van der Waals surface area contributed by atoms with E-state index in [4.69, 9.17) is 4.74 Å². The number of hydrogen-bond donors (Lipinski definition) is 1. The van der Waals surface area contributed by atoms with Gasteiger partial charge >= 0.3 is 6.18 Å². The lowest BCUT2D eigenvalue weighted by atomic mass is 9.70. The van der Waals surface area contributed by atoms with Crippen LogP contribution >= 0.6 is 0 Å². The lowest BCUT2D eigenvalue weighted by Gasteiger charge is -2.43. The number of allylic oxidation sites excluding steroid dienone is 3. The van der Waals surface area contributed by atoms with Crippen LogP contribution in [0.5, 0.6) is 0 Å². The van der Waals surface area contributed by atoms with E-state index in [-0.39, 0.29) is 17.9 Å². The van der Waals surface area contributed by atoms with Gasteiger partial charge in [-0.1, -0.05) is 38.2 Å². The minimum Gasteiger partial charge on any atom is -0.384 e. The fourth-order valence-electron chi connectivity index (χ4n) is 4.64. The number of ether oxygens (including phenoxy) is 1. The molecule has 0 radical (unpaired) electrons. The van der Waals surface area contributed by atoms with Gasteiger partial charge in [-0.25, -0.2) is 0 Å². The van der Waals surface area contributed by atoms with Crippen LogP contribution in [0.3, 0.4) is 0 Å². The molecule has 3 rings (SSSR count). The van der Waals surface area contributed by atoms with Gasteiger partial charge in [-0.05, 0) is 60.8 Å². The van der Waals surface area contributed by atoms with E-state index in [0.29, 0.717) is 18.4 Å². The first-order valence-corrected chi connectivity index (χ1v) is 10.1. The van der Waals surface area contributed by atoms with Crippen molar-refractivity contribution in [2.45, 2.75) is 51.2 Å². The largest absolute Gasteiger partial charge is 0.416 e. The highest BCUT2D eigenvalue weighted by Crippen LogP contribution is 2.45. The zero-order valence-corrected chi connectivity index (χ0v) is 16.8. The van der Waals surface area contributed by atoms with Crippen LogP contribution in [0.25, 0.3) is 0 Å². The van der Waals surface area contributed by atoms with Gasteiger partial charge in [-0.2, -0.15) is 13.2 Å². The average molecular weight is 393 g/mol. The van der Waals surface area contributed by atoms with Crippen molar-refractivity contribution in [1.29, 1.82) is 0 Å². The first kappa shape index (κ1) is 21.0. The quantitative estimate of drug-likeness (QED) is 0.603. The van der Waals surface area contributed by atoms with E-state index >= 15 is 0 Å². The number of anilines is 1. The molecule has 2 aliphatic rings. The Morgan fingerprint density at radius 2 is 2.04 bits per heavy atom. The number of alkyl halides is 3. The SMILES string of the molecule is COC[C@H](C)CC[C@@H]1[C@H](C)c2cc(C(F)(F)F)ccc2N[C@H]1C1C=CC=CC1. The van der Waals surface area contributed by atoms with E-state index < -0.39 is 11.7 Å². The van der Waals surface area contributed by atoms with Crippen molar-refractivity contribution < 1.29 is 17.9 Å². The van der Waals surface area contributed by atoms with E-state index in [0.717, 1.165) is 30.5 Å². The van der Waals surface area contributed by atoms with Gasteiger partial charge in [0, 0.05) is 31.4 Å². The second kappa shape index (κ2) is 8.73. The highest BCUT2D eigenvalue weighted by molar-refractivity contribution is 5.58. The van der Waals surface area contributed by atoms with Crippen LogP contribution in [0.4, 0.5) is 18.9 Å². The van der Waals surface area contributed by atoms with Crippen molar-refractivity contribution in [3.8, 4) is 0 Å². The molecular weight excluding hydrogens is 363 g/mol. The van der Waals surface area contributed by atoms with Crippen LogP contribution in [0, 0.1) is 17.8 Å². The molecular formula is C23H30F3NO. The van der Waals surface area contributed by atoms with Crippen LogP contribution in [0.2, 0.25) is 0 Å². The number of halogens is 3. The van der Waals surface area contributed by atoms with Gasteiger partial charge in [0.15, 0.2) is 0 Å². The minimum absolute atomic E-state index is 0.0672. The molecule has 0 amide bonds. The summed E-state index contributed by atoms with van der Waals surface area (Å²) < 4.78 is 45.0. The van der Waals surface area contributed by atoms with E-state index in [1.165, 1.54) is 12.1 Å². The predicted molar refractivity (Wildman–Crippen MR) is 107 cm³/mol. The molecule has 0 spiro atoms. The summed E-state index contributed by atoms with van der Waals surface area (Å²) in [6, 6.07) is 4.35. The molecule has 1 heterocycles. The molecule has 1 aromatic carbocycles. The monoisotopic (exact) mass is 393 g/mol. The summed E-state index contributed by atoms with van der Waals surface area (Å²) in [5.74, 6) is 1.13. The van der Waals surface area contributed by atoms with Crippen LogP contribution < -0.4 is 5.32 Å². The summed E-state index contributed by atoms with van der Waals surface area (Å²) in [5, 5.41) is 3.60. The molecule has 0 bridgehead atoms. The summed E-state index contributed by atoms with van der Waals surface area (Å²) in [6.45, 7) is 4.96. The third kappa shape index (κ3) is 4.62. The van der Waals surface area contributed by atoms with Crippen molar-refractivity contribution in [2.24, 2.45) is 17.8 Å². The third-order valence-electron chi connectivity index (χ3n) is 6.21. The van der Waals surface area contributed by atoms with Crippen molar-refractivity contribution in [2.75, 3.05) is 19.0 Å². The Hall–Kier alpha value is -1.75. The molecule has 1 N–H and O–H groups in total. The van der Waals surface area contributed by atoms with E-state index in [2.05, 4.69) is 43.5 Å². The maximum Gasteiger partial charge on any atom is 0.416 e. The maximum absolute atomic E-state index is 13.2. The van der Waals surface area contributed by atoms with Gasteiger partial charge < -0.3 is 10.1 Å². The van der Waals surface area contributed by atoms with E-state index in [9.17, 15) is 13.2 Å². The molecule has 5 atom stereocenters. The Morgan fingerprint density at radius 3 is 2.68 bits per heavy atom. The smallest absolute Gasteiger partial charge is 0.384 e. The average Bonchev–Trinajstić information content (AvgIpc) is 2.67. The van der Waals surface area contributed by atoms with Crippen LogP contribution in [0.15, 0.2) is 42.5 Å². The van der Waals surface area contributed by atoms with E-state index in [1.807, 2.05) is 0 Å². The lowest BCUT2D eigenvalue weighted by molar-refractivity contribution is -0.137. The molecule has 28 heavy (non-hydrogen) atoms. The standard InChI is InChI=1S/C23H30F3NO/c1-15(14-28-3)9-11-19-16(2)20-13-18(23(24,25)26)10-12-21(20)27-22(19)17-7-5-4-6-8-17/h4-7,10,12-13,15-17,19,22,27H,8-9,11,14H2,1-3H3/t15-,16+,17?,19-,22+/m1/s1. The molecule has 0 saturated heterocycles. The van der Waals surface area contributed by atoms with Gasteiger partial charge in [0.05, 0.1) is 5.56 Å². The summed E-state index contributed by atoms with van der Waals surface area (Å²) >= 11 is 0. The molecule has 0 fully saturated rings. The first-order chi connectivity index (χ1) is 13.3. The number of hydrogen-bond acceptors (Lipinski definition) is 2. The summed E-state index contributed by atoms with van der Waals surface area (Å²) in [6.07, 6.45) is 7.14. The number of methoxy groups -OCH3 is 1. The van der Waals surface area contributed by atoms with Crippen molar-refractivity contribution in [1.82, 2.24) is 0 Å². The number of rotatable bonds is 6. The minimum atomic E-state index is -4.31. The van der Waals surface area contributed by atoms with Crippen molar-refractivity contribution >= 4 is 5.69 Å². The van der Waals surface area contributed by atoms with Crippen LogP contribution in [-0.4, -0.2) is 19.8 Å². The van der Waals surface area contributed by atoms with Crippen molar-refractivity contribution in [3.05, 3.63) is 53.6 Å². The summed E-state index contributed by atoms with van der Waals surface area (Å²) in [5.41, 5.74) is 1.06. The molecule has 1 aliphatic carbocycles. The molecule has 0 saturated carbocycles. The Balaban J connectivity index is 1.89. The number of benzene rings is 1. The summed E-state index contributed by atoms with van der Waals surface area (Å²) in [7, 11) is 1.71. The highest BCUT2D eigenvalue weighted by Gasteiger charge is 2.39. The molecule has 2 nitrogen and oxygen atoms in total. The molecule has 154 valence electrons. The highest BCUT2D eigenvalue weighted by atomic mass is 19.4. The molecule has 1 unspecified atom stereocenters. The molecule has 1 aliphatic heterocycles. The Bertz CT molecular complexity index is 725. The Morgan fingerprint density at radius 1 is 1.25 bits per heavy atom. The Labute approximate surface area is 165 Å². The fraction of sp³-hybridized carbons (Fsp3) is 0.565. The van der Waals surface area contributed by atoms with Crippen molar-refractivity contribution in [3.63, 3.8) is 0 Å². The van der Waals surface area contributed by atoms with Gasteiger partial charge in [0.1, 0.15) is 0 Å². The Kier molecular flexibility index (Phi) is 6.54. The zero-order valence-electron chi connectivity index (χ0n) is 16.8. The van der Waals surface area contributed by atoms with Gasteiger partial charge in [0.2, 0.25) is 0 Å². The van der Waals surface area contributed by atoms with E-state index in [1.54, 1.807) is 13.2 Å². The molecule has 0 aromatic heterocycles. The molecule has 5 heteroatoms. The predicted octanol–water partition coefficient (Wildman–Crippen LogP) is 6.41. The third-order valence-corrected chi connectivity index (χ3v) is 6.21. The topological polar surface area (TPSA) is 21.3 Å². The van der Waals surface area contributed by atoms with Crippen LogP contribution in [0.1, 0.15) is 50.2 Å². The number of fused-ring (bicyclic) bond motifs is 1. The fourth-order valence-corrected chi connectivity index (χ4v) is 4.64. The zero-order chi connectivity index (χ0) is 20.3. The van der Waals surface area contributed by atoms with Gasteiger partial charge in [0.25, 0.3) is 0 Å². The van der Waals surface area contributed by atoms with Gasteiger partial charge in [-0.15, -0.1) is 0 Å². The normalized spacial score (nSPS) is 27.9. The van der Waals surface area contributed by atoms with Gasteiger partial charge in [-0.3, -0.25) is 0 Å². The summed E-state index contributed by atoms with van der Waals surface area (Å²) in [4.78, 5) is 0. The second-order valence-corrected chi connectivity index (χ2v) is 8.27. The second-order valence-electron chi connectivity index (χ2n) is 8.27.